The first-order valence-corrected chi connectivity index (χ1v) is 17.7. The van der Waals surface area contributed by atoms with Gasteiger partial charge in [0.1, 0.15) is 23.2 Å². The molecule has 1 saturated heterocycles. The number of benzene rings is 2. The smallest absolute Gasteiger partial charge is 0.426 e. The van der Waals surface area contributed by atoms with E-state index in [0.29, 0.717) is 43.1 Å². The summed E-state index contributed by atoms with van der Waals surface area (Å²) in [7, 11) is 0. The summed E-state index contributed by atoms with van der Waals surface area (Å²) in [6.07, 6.45) is -7.32. The summed E-state index contributed by atoms with van der Waals surface area (Å²) in [5.41, 5.74) is -1.27. The molecule has 1 atom stereocenters. The number of unbranched alkanes of at least 4 members (excludes halogenated alkanes) is 2. The van der Waals surface area contributed by atoms with Crippen molar-refractivity contribution in [2.75, 3.05) is 13.2 Å². The van der Waals surface area contributed by atoms with Crippen LogP contribution in [-0.2, 0) is 15.4 Å². The van der Waals surface area contributed by atoms with E-state index in [-0.39, 0.29) is 48.5 Å². The van der Waals surface area contributed by atoms with Crippen molar-refractivity contribution < 1.29 is 62.5 Å². The standard InChI is InChI=1S/C37H43F11O3/c1-2-3-4-5-21-19-49-33(50-20-21)25-12-15-28(29(38)16-25)24-8-6-22(7-9-24)23-10-13-26(14-11-23)37(47,48)51-27-17-30(39)32(31(40)18-27)35(42,43)34(41)36(44,45)46/h12,15-18,21-24,26,33-34H,2-11,13-14,19-20H2,1H3. The van der Waals surface area contributed by atoms with Crippen LogP contribution in [0, 0.1) is 41.1 Å². The lowest BCUT2D eigenvalue weighted by Gasteiger charge is -2.39. The molecule has 0 radical (unpaired) electrons. The molecule has 2 aromatic rings. The Morgan fingerprint density at radius 1 is 0.745 bits per heavy atom. The fraction of sp³-hybridized carbons (Fsp3) is 0.676. The average molecular weight is 745 g/mol. The zero-order valence-electron chi connectivity index (χ0n) is 28.2. The van der Waals surface area contributed by atoms with Crippen LogP contribution in [-0.4, -0.2) is 31.7 Å². The zero-order valence-corrected chi connectivity index (χ0v) is 28.2. The monoisotopic (exact) mass is 744 g/mol. The van der Waals surface area contributed by atoms with E-state index in [1.54, 1.807) is 6.07 Å². The van der Waals surface area contributed by atoms with E-state index >= 15 is 13.2 Å². The van der Waals surface area contributed by atoms with Crippen molar-refractivity contribution in [1.82, 2.24) is 0 Å². The predicted molar refractivity (Wildman–Crippen MR) is 166 cm³/mol. The summed E-state index contributed by atoms with van der Waals surface area (Å²) in [6, 6.07) is 4.90. The molecule has 1 heterocycles. The largest absolute Gasteiger partial charge is 0.432 e. The highest BCUT2D eigenvalue weighted by molar-refractivity contribution is 5.34. The first-order valence-electron chi connectivity index (χ1n) is 17.7. The van der Waals surface area contributed by atoms with Crippen LogP contribution in [0.15, 0.2) is 30.3 Å². The summed E-state index contributed by atoms with van der Waals surface area (Å²) >= 11 is 0. The van der Waals surface area contributed by atoms with Crippen molar-refractivity contribution in [3.8, 4) is 5.75 Å². The lowest BCUT2D eigenvalue weighted by molar-refractivity contribution is -0.249. The minimum Gasteiger partial charge on any atom is -0.432 e. The molecule has 0 N–H and O–H groups in total. The Bertz CT molecular complexity index is 1420. The summed E-state index contributed by atoms with van der Waals surface area (Å²) in [4.78, 5) is 0. The van der Waals surface area contributed by atoms with Gasteiger partial charge in [0.15, 0.2) is 6.29 Å². The van der Waals surface area contributed by atoms with E-state index < -0.39 is 59.5 Å². The van der Waals surface area contributed by atoms with Gasteiger partial charge in [-0.1, -0.05) is 38.3 Å². The molecule has 286 valence electrons. The van der Waals surface area contributed by atoms with Gasteiger partial charge in [0.25, 0.3) is 6.17 Å². The molecule has 0 bridgehead atoms. The van der Waals surface area contributed by atoms with Gasteiger partial charge >= 0.3 is 18.2 Å². The van der Waals surface area contributed by atoms with Crippen molar-refractivity contribution in [3.05, 3.63) is 64.5 Å². The Balaban J connectivity index is 1.10. The second-order valence-corrected chi connectivity index (χ2v) is 14.3. The Hall–Kier alpha value is -2.61. The molecule has 0 aromatic heterocycles. The highest BCUT2D eigenvalue weighted by atomic mass is 19.4. The van der Waals surface area contributed by atoms with E-state index in [0.717, 1.165) is 44.9 Å². The quantitative estimate of drug-likeness (QED) is 0.160. The normalized spacial score (nSPS) is 27.3. The van der Waals surface area contributed by atoms with Gasteiger partial charge in [0.2, 0.25) is 0 Å². The number of alkyl halides is 8. The third-order valence-electron chi connectivity index (χ3n) is 10.8. The van der Waals surface area contributed by atoms with Crippen molar-refractivity contribution >= 4 is 0 Å². The summed E-state index contributed by atoms with van der Waals surface area (Å²) in [6.45, 7) is 3.30. The third-order valence-corrected chi connectivity index (χ3v) is 10.8. The lowest BCUT2D eigenvalue weighted by atomic mass is 9.68. The Labute approximate surface area is 290 Å². The number of ether oxygens (including phenoxy) is 3. The topological polar surface area (TPSA) is 27.7 Å². The number of halogens is 11. The van der Waals surface area contributed by atoms with Crippen LogP contribution < -0.4 is 4.74 Å². The Morgan fingerprint density at radius 2 is 1.31 bits per heavy atom. The molecule has 51 heavy (non-hydrogen) atoms. The van der Waals surface area contributed by atoms with Gasteiger partial charge in [-0.25, -0.2) is 17.6 Å². The molecule has 3 nitrogen and oxygen atoms in total. The van der Waals surface area contributed by atoms with Crippen LogP contribution in [0.1, 0.15) is 113 Å². The van der Waals surface area contributed by atoms with Crippen molar-refractivity contribution in [3.63, 3.8) is 0 Å². The maximum absolute atomic E-state index is 15.3. The van der Waals surface area contributed by atoms with Crippen LogP contribution in [0.4, 0.5) is 48.3 Å². The molecule has 3 fully saturated rings. The highest BCUT2D eigenvalue weighted by Gasteiger charge is 2.60. The van der Waals surface area contributed by atoms with Crippen LogP contribution in [0.5, 0.6) is 5.75 Å². The first kappa shape index (κ1) is 39.6. The molecule has 0 amide bonds. The highest BCUT2D eigenvalue weighted by Crippen LogP contribution is 2.49. The van der Waals surface area contributed by atoms with Crippen LogP contribution in [0.2, 0.25) is 0 Å². The third kappa shape index (κ3) is 9.31. The van der Waals surface area contributed by atoms with Crippen molar-refractivity contribution in [1.29, 1.82) is 0 Å². The van der Waals surface area contributed by atoms with Gasteiger partial charge < -0.3 is 14.2 Å². The minimum absolute atomic E-state index is 0.00524. The van der Waals surface area contributed by atoms with Gasteiger partial charge in [-0.15, -0.1) is 0 Å². The first-order chi connectivity index (χ1) is 24.0. The molecule has 5 rings (SSSR count). The van der Waals surface area contributed by atoms with Gasteiger partial charge in [-0.3, -0.25) is 0 Å². The SMILES string of the molecule is CCCCCC1COC(c2ccc(C3CCC(C4CCC(C(F)(F)Oc5cc(F)c(C(F)(F)C(F)C(F)(F)F)c(F)c5)CC4)CC3)c(F)c2)OC1. The minimum atomic E-state index is -6.13. The van der Waals surface area contributed by atoms with E-state index in [9.17, 15) is 35.1 Å². The van der Waals surface area contributed by atoms with Crippen molar-refractivity contribution in [2.45, 2.75) is 121 Å². The summed E-state index contributed by atoms with van der Waals surface area (Å²) < 4.78 is 169. The van der Waals surface area contributed by atoms with Crippen LogP contribution >= 0.6 is 0 Å². The maximum Gasteiger partial charge on any atom is 0.426 e. The second kappa shape index (κ2) is 16.2. The van der Waals surface area contributed by atoms with Gasteiger partial charge in [0.05, 0.1) is 24.7 Å². The molecule has 2 aliphatic carbocycles. The molecular formula is C37H43F11O3. The average Bonchev–Trinajstić information content (AvgIpc) is 3.07. The molecule has 2 aromatic carbocycles. The molecule has 0 spiro atoms. The maximum atomic E-state index is 15.3. The summed E-state index contributed by atoms with van der Waals surface area (Å²) in [5.74, 6) is -12.6. The number of hydrogen-bond donors (Lipinski definition) is 0. The fourth-order valence-corrected chi connectivity index (χ4v) is 7.93. The number of hydrogen-bond acceptors (Lipinski definition) is 3. The van der Waals surface area contributed by atoms with Crippen molar-refractivity contribution in [2.24, 2.45) is 23.7 Å². The van der Waals surface area contributed by atoms with E-state index in [1.807, 2.05) is 6.07 Å². The zero-order chi connectivity index (χ0) is 37.1. The molecule has 1 aliphatic heterocycles. The van der Waals surface area contributed by atoms with Crippen LogP contribution in [0.25, 0.3) is 0 Å². The molecule has 1 unspecified atom stereocenters. The Morgan fingerprint density at radius 3 is 1.84 bits per heavy atom. The van der Waals surface area contributed by atoms with Gasteiger partial charge in [0, 0.05) is 23.6 Å². The lowest BCUT2D eigenvalue weighted by Crippen LogP contribution is -2.41. The predicted octanol–water partition coefficient (Wildman–Crippen LogP) is 12.1. The van der Waals surface area contributed by atoms with E-state index in [1.165, 1.54) is 12.5 Å². The van der Waals surface area contributed by atoms with Gasteiger partial charge in [-0.2, -0.15) is 30.7 Å². The molecular weight excluding hydrogens is 701 g/mol. The fourth-order valence-electron chi connectivity index (χ4n) is 7.93. The number of rotatable bonds is 12. The molecule has 2 saturated carbocycles. The van der Waals surface area contributed by atoms with E-state index in [2.05, 4.69) is 11.7 Å². The summed E-state index contributed by atoms with van der Waals surface area (Å²) in [5, 5.41) is 0. The van der Waals surface area contributed by atoms with Crippen LogP contribution in [0.3, 0.4) is 0 Å². The molecule has 14 heteroatoms. The second-order valence-electron chi connectivity index (χ2n) is 14.3. The molecule has 3 aliphatic rings. The van der Waals surface area contributed by atoms with Gasteiger partial charge in [-0.05, 0) is 87.2 Å². The van der Waals surface area contributed by atoms with E-state index in [4.69, 9.17) is 9.47 Å². The Kier molecular flexibility index (Phi) is 12.6.